The summed E-state index contributed by atoms with van der Waals surface area (Å²) in [5.74, 6) is -1.29. The predicted molar refractivity (Wildman–Crippen MR) is 89.1 cm³/mol. The van der Waals surface area contributed by atoms with Crippen molar-refractivity contribution in [2.24, 2.45) is 10.7 Å². The molecule has 4 aliphatic heterocycles. The molecule has 0 amide bonds. The van der Waals surface area contributed by atoms with E-state index in [1.54, 1.807) is 6.92 Å². The van der Waals surface area contributed by atoms with E-state index >= 15 is 0 Å². The predicted octanol–water partition coefficient (Wildman–Crippen LogP) is -0.0269. The number of ketones is 1. The van der Waals surface area contributed by atoms with Crippen molar-refractivity contribution in [2.75, 3.05) is 32.8 Å². The van der Waals surface area contributed by atoms with E-state index in [0.717, 1.165) is 30.7 Å². The molecule has 2 unspecified atom stereocenters. The highest BCUT2D eigenvalue weighted by Gasteiger charge is 2.58. The number of nitrogens with zero attached hydrogens (tertiary/aromatic N) is 3. The Balaban J connectivity index is 1.85. The van der Waals surface area contributed by atoms with Gasteiger partial charge >= 0.3 is 0 Å². The van der Waals surface area contributed by atoms with Crippen LogP contribution in [-0.4, -0.2) is 71.1 Å². The maximum Gasteiger partial charge on any atom is 0.225 e. The molecule has 4 heterocycles. The molecule has 2 saturated heterocycles. The first-order valence-electron chi connectivity index (χ1n) is 8.58. The number of hydrogen-bond donors (Lipinski definition) is 2. The van der Waals surface area contributed by atoms with Gasteiger partial charge in [0.15, 0.2) is 5.78 Å². The van der Waals surface area contributed by atoms with Crippen LogP contribution in [-0.2, 0) is 9.53 Å². The van der Waals surface area contributed by atoms with E-state index in [0.29, 0.717) is 43.3 Å². The SMILES string of the molecule is CC(=O)C1=C(N)C2=C3CCCN3C(O)(N3CCOCC3)C2N=C1C. The topological polar surface area (TPSA) is 91.4 Å². The molecular weight excluding hydrogens is 308 g/mol. The van der Waals surface area contributed by atoms with Crippen molar-refractivity contribution in [1.29, 1.82) is 0 Å². The summed E-state index contributed by atoms with van der Waals surface area (Å²) in [6.07, 6.45) is 1.84. The van der Waals surface area contributed by atoms with Crippen LogP contribution >= 0.6 is 0 Å². The lowest BCUT2D eigenvalue weighted by Gasteiger charge is -2.47. The molecule has 0 saturated carbocycles. The highest BCUT2D eigenvalue weighted by molar-refractivity contribution is 6.22. The van der Waals surface area contributed by atoms with E-state index in [2.05, 4.69) is 0 Å². The second kappa shape index (κ2) is 5.40. The quantitative estimate of drug-likeness (QED) is 0.738. The number of allylic oxidation sites excluding steroid dienone is 2. The molecule has 3 N–H and O–H groups in total. The molecule has 2 fully saturated rings. The van der Waals surface area contributed by atoms with Crippen LogP contribution in [0.25, 0.3) is 0 Å². The number of aliphatic hydroxyl groups is 1. The Morgan fingerprint density at radius 3 is 2.75 bits per heavy atom. The smallest absolute Gasteiger partial charge is 0.225 e. The van der Waals surface area contributed by atoms with Crippen LogP contribution < -0.4 is 5.73 Å². The molecule has 0 aromatic rings. The first-order valence-corrected chi connectivity index (χ1v) is 8.58. The molecule has 4 rings (SSSR count). The van der Waals surface area contributed by atoms with Gasteiger partial charge in [0.05, 0.1) is 24.5 Å². The van der Waals surface area contributed by atoms with Crippen molar-refractivity contribution in [3.05, 3.63) is 22.5 Å². The fraction of sp³-hybridized carbons (Fsp3) is 0.647. The van der Waals surface area contributed by atoms with Crippen LogP contribution in [0.4, 0.5) is 0 Å². The van der Waals surface area contributed by atoms with Crippen LogP contribution in [0.1, 0.15) is 26.7 Å². The van der Waals surface area contributed by atoms with Crippen molar-refractivity contribution < 1.29 is 14.6 Å². The van der Waals surface area contributed by atoms with Crippen molar-refractivity contribution in [2.45, 2.75) is 38.6 Å². The summed E-state index contributed by atoms with van der Waals surface area (Å²) in [6.45, 7) is 6.60. The van der Waals surface area contributed by atoms with E-state index in [1.165, 1.54) is 6.92 Å². The van der Waals surface area contributed by atoms with Crippen LogP contribution in [0.5, 0.6) is 0 Å². The second-order valence-electron chi connectivity index (χ2n) is 6.86. The Morgan fingerprint density at radius 2 is 2.08 bits per heavy atom. The number of fused-ring (bicyclic) bond motifs is 2. The van der Waals surface area contributed by atoms with Gasteiger partial charge in [-0.15, -0.1) is 0 Å². The van der Waals surface area contributed by atoms with Gasteiger partial charge in [-0.25, -0.2) is 0 Å². The van der Waals surface area contributed by atoms with Gasteiger partial charge in [0, 0.05) is 36.6 Å². The Hall–Kier alpha value is -1.70. The Labute approximate surface area is 141 Å². The van der Waals surface area contributed by atoms with Crippen LogP contribution in [0.3, 0.4) is 0 Å². The number of carbonyl (C=O) groups is 1. The second-order valence-corrected chi connectivity index (χ2v) is 6.86. The zero-order chi connectivity index (χ0) is 17.1. The van der Waals surface area contributed by atoms with Crippen LogP contribution in [0.2, 0.25) is 0 Å². The van der Waals surface area contributed by atoms with Gasteiger partial charge in [0.1, 0.15) is 6.04 Å². The number of rotatable bonds is 2. The van der Waals surface area contributed by atoms with Crippen molar-refractivity contribution in [3.63, 3.8) is 0 Å². The zero-order valence-corrected chi connectivity index (χ0v) is 14.2. The van der Waals surface area contributed by atoms with Gasteiger partial charge in [-0.2, -0.15) is 0 Å². The van der Waals surface area contributed by atoms with Gasteiger partial charge in [-0.05, 0) is 26.7 Å². The molecule has 0 aromatic carbocycles. The molecule has 4 aliphatic rings. The highest BCUT2D eigenvalue weighted by atomic mass is 16.5. The lowest BCUT2D eigenvalue weighted by atomic mass is 9.90. The Bertz CT molecular complexity index is 690. The minimum Gasteiger partial charge on any atom is -0.398 e. The average molecular weight is 332 g/mol. The molecule has 130 valence electrons. The number of Topliss-reactive ketones (excluding diaryl/α,β-unsaturated/α-hetero) is 1. The van der Waals surface area contributed by atoms with Crippen molar-refractivity contribution in [3.8, 4) is 0 Å². The molecular formula is C17H24N4O3. The number of aliphatic imine (C=N–C) groups is 1. The maximum absolute atomic E-state index is 12.0. The molecule has 24 heavy (non-hydrogen) atoms. The summed E-state index contributed by atoms with van der Waals surface area (Å²) in [7, 11) is 0. The number of ether oxygens (including phenoxy) is 1. The van der Waals surface area contributed by atoms with Gasteiger partial charge in [-0.1, -0.05) is 0 Å². The van der Waals surface area contributed by atoms with Gasteiger partial charge in [0.2, 0.25) is 5.85 Å². The Morgan fingerprint density at radius 1 is 1.38 bits per heavy atom. The van der Waals surface area contributed by atoms with Crippen LogP contribution in [0, 0.1) is 0 Å². The van der Waals surface area contributed by atoms with Crippen LogP contribution in [0.15, 0.2) is 27.5 Å². The number of morpholine rings is 1. The molecule has 0 spiro atoms. The van der Waals surface area contributed by atoms with Gasteiger partial charge < -0.3 is 20.5 Å². The third-order valence-electron chi connectivity index (χ3n) is 5.54. The number of dihydropyridines is 1. The largest absolute Gasteiger partial charge is 0.398 e. The first-order chi connectivity index (χ1) is 11.5. The standard InChI is InChI=1S/C17H24N4O3/c1-10-13(11(2)22)15(18)14-12-4-3-5-21(12)17(23,16(14)19-10)20-6-8-24-9-7-20/h16,23H,3-9,18H2,1-2H3. The summed E-state index contributed by atoms with van der Waals surface area (Å²) in [6, 6.07) is -0.464. The van der Waals surface area contributed by atoms with Gasteiger partial charge in [0.25, 0.3) is 0 Å². The summed E-state index contributed by atoms with van der Waals surface area (Å²) < 4.78 is 5.44. The number of nitrogens with two attached hydrogens (primary N) is 1. The van der Waals surface area contributed by atoms with Gasteiger partial charge in [-0.3, -0.25) is 14.7 Å². The number of carbonyl (C=O) groups excluding carboxylic acids is 1. The summed E-state index contributed by atoms with van der Waals surface area (Å²) in [5.41, 5.74) is 9.89. The minimum atomic E-state index is -1.21. The molecule has 0 aliphatic carbocycles. The molecule has 2 atom stereocenters. The third kappa shape index (κ3) is 1.95. The maximum atomic E-state index is 12.0. The fourth-order valence-corrected chi connectivity index (χ4v) is 4.54. The molecule has 7 heteroatoms. The summed E-state index contributed by atoms with van der Waals surface area (Å²) >= 11 is 0. The van der Waals surface area contributed by atoms with E-state index in [9.17, 15) is 9.90 Å². The van der Waals surface area contributed by atoms with E-state index in [4.69, 9.17) is 15.5 Å². The minimum absolute atomic E-state index is 0.0772. The monoisotopic (exact) mass is 332 g/mol. The van der Waals surface area contributed by atoms with Crippen molar-refractivity contribution >= 4 is 11.5 Å². The normalized spacial score (nSPS) is 33.7. The van der Waals surface area contributed by atoms with E-state index < -0.39 is 11.9 Å². The molecule has 0 radical (unpaired) electrons. The number of hydrogen-bond acceptors (Lipinski definition) is 7. The molecule has 7 nitrogen and oxygen atoms in total. The lowest BCUT2D eigenvalue weighted by Crippen LogP contribution is -2.65. The average Bonchev–Trinajstić information content (AvgIpc) is 3.11. The highest BCUT2D eigenvalue weighted by Crippen LogP contribution is 2.48. The molecule has 0 aromatic heterocycles. The lowest BCUT2D eigenvalue weighted by molar-refractivity contribution is -0.214. The Kier molecular flexibility index (Phi) is 3.56. The first kappa shape index (κ1) is 15.8. The third-order valence-corrected chi connectivity index (χ3v) is 5.54. The van der Waals surface area contributed by atoms with E-state index in [1.807, 2.05) is 9.80 Å². The van der Waals surface area contributed by atoms with E-state index in [-0.39, 0.29) is 5.78 Å². The molecule has 0 bridgehead atoms. The zero-order valence-electron chi connectivity index (χ0n) is 14.2. The summed E-state index contributed by atoms with van der Waals surface area (Å²) in [5, 5.41) is 11.7. The fourth-order valence-electron chi connectivity index (χ4n) is 4.54. The summed E-state index contributed by atoms with van der Waals surface area (Å²) in [4.78, 5) is 20.8. The van der Waals surface area contributed by atoms with Crippen molar-refractivity contribution in [1.82, 2.24) is 9.80 Å².